The van der Waals surface area contributed by atoms with E-state index >= 15 is 0 Å². The van der Waals surface area contributed by atoms with E-state index in [0.717, 1.165) is 34.5 Å². The third-order valence-corrected chi connectivity index (χ3v) is 2.96. The predicted octanol–water partition coefficient (Wildman–Crippen LogP) is 3.09. The Morgan fingerprint density at radius 3 is 2.94 bits per heavy atom. The summed E-state index contributed by atoms with van der Waals surface area (Å²) in [4.78, 5) is 4.48. The molecule has 0 bridgehead atoms. The van der Waals surface area contributed by atoms with E-state index in [4.69, 9.17) is 17.3 Å². The van der Waals surface area contributed by atoms with E-state index in [1.807, 2.05) is 19.1 Å². The zero-order valence-electron chi connectivity index (χ0n) is 9.33. The second-order valence-electron chi connectivity index (χ2n) is 3.95. The van der Waals surface area contributed by atoms with Crippen molar-refractivity contribution in [2.75, 3.05) is 6.54 Å². The third-order valence-electron chi connectivity index (χ3n) is 2.65. The average molecular weight is 235 g/mol. The minimum atomic E-state index is 0.712. The highest BCUT2D eigenvalue weighted by Gasteiger charge is 2.06. The first-order valence-electron chi connectivity index (χ1n) is 5.47. The Balaban J connectivity index is 2.59. The number of fused-ring (bicyclic) bond motifs is 1. The fraction of sp³-hybridized carbons (Fsp3) is 0.308. The highest BCUT2D eigenvalue weighted by molar-refractivity contribution is 6.35. The van der Waals surface area contributed by atoms with Gasteiger partial charge in [0, 0.05) is 11.1 Å². The molecule has 3 heteroatoms. The minimum absolute atomic E-state index is 0.712. The molecule has 0 spiro atoms. The summed E-state index contributed by atoms with van der Waals surface area (Å²) in [5, 5.41) is 1.86. The number of nitrogens with two attached hydrogens (primary N) is 1. The molecule has 0 fully saturated rings. The van der Waals surface area contributed by atoms with Crippen molar-refractivity contribution in [1.29, 1.82) is 0 Å². The van der Waals surface area contributed by atoms with Gasteiger partial charge >= 0.3 is 0 Å². The highest BCUT2D eigenvalue weighted by atomic mass is 35.5. The molecule has 0 atom stereocenters. The topological polar surface area (TPSA) is 38.9 Å². The number of nitrogens with zero attached hydrogens (tertiary/aromatic N) is 1. The number of aryl methyl sites for hydroxylation is 2. The monoisotopic (exact) mass is 234 g/mol. The van der Waals surface area contributed by atoms with E-state index in [0.29, 0.717) is 6.54 Å². The molecule has 1 aromatic heterocycles. The summed E-state index contributed by atoms with van der Waals surface area (Å²) < 4.78 is 0. The molecular formula is C13H15ClN2. The molecule has 2 N–H and O–H groups in total. The van der Waals surface area contributed by atoms with Crippen LogP contribution in [0.15, 0.2) is 24.3 Å². The molecule has 0 saturated heterocycles. The Labute approximate surface area is 100 Å². The molecular weight excluding hydrogens is 220 g/mol. The lowest BCUT2D eigenvalue weighted by Crippen LogP contribution is -2.01. The van der Waals surface area contributed by atoms with Crippen LogP contribution in [0.3, 0.4) is 0 Å². The molecule has 0 amide bonds. The van der Waals surface area contributed by atoms with E-state index in [9.17, 15) is 0 Å². The van der Waals surface area contributed by atoms with Crippen molar-refractivity contribution in [3.8, 4) is 0 Å². The fourth-order valence-corrected chi connectivity index (χ4v) is 2.14. The van der Waals surface area contributed by atoms with Crippen molar-refractivity contribution in [3.63, 3.8) is 0 Å². The van der Waals surface area contributed by atoms with Gasteiger partial charge in [0.05, 0.1) is 10.5 Å². The molecule has 0 unspecified atom stereocenters. The molecule has 0 aliphatic carbocycles. The molecule has 2 aromatic rings. The Morgan fingerprint density at radius 2 is 2.19 bits per heavy atom. The number of benzene rings is 1. The van der Waals surface area contributed by atoms with Gasteiger partial charge in [-0.2, -0.15) is 0 Å². The summed E-state index contributed by atoms with van der Waals surface area (Å²) in [6.07, 6.45) is 1.97. The quantitative estimate of drug-likeness (QED) is 0.887. The van der Waals surface area contributed by atoms with E-state index in [1.54, 1.807) is 0 Å². The van der Waals surface area contributed by atoms with Crippen LogP contribution in [0.25, 0.3) is 10.9 Å². The summed E-state index contributed by atoms with van der Waals surface area (Å²) in [5.74, 6) is 0. The molecule has 84 valence electrons. The summed E-state index contributed by atoms with van der Waals surface area (Å²) in [5.41, 5.74) is 8.74. The van der Waals surface area contributed by atoms with Crippen LogP contribution < -0.4 is 5.73 Å². The number of hydrogen-bond acceptors (Lipinski definition) is 2. The molecule has 2 rings (SSSR count). The zero-order valence-corrected chi connectivity index (χ0v) is 10.1. The van der Waals surface area contributed by atoms with Crippen molar-refractivity contribution in [2.24, 2.45) is 5.73 Å². The molecule has 1 heterocycles. The van der Waals surface area contributed by atoms with Crippen LogP contribution in [-0.4, -0.2) is 11.5 Å². The second kappa shape index (κ2) is 4.81. The van der Waals surface area contributed by atoms with Gasteiger partial charge < -0.3 is 5.73 Å². The highest BCUT2D eigenvalue weighted by Crippen LogP contribution is 2.25. The lowest BCUT2D eigenvalue weighted by Gasteiger charge is -2.08. The maximum atomic E-state index is 6.15. The van der Waals surface area contributed by atoms with Crippen LogP contribution in [0.5, 0.6) is 0 Å². The zero-order chi connectivity index (χ0) is 11.5. The van der Waals surface area contributed by atoms with E-state index in [-0.39, 0.29) is 0 Å². The van der Waals surface area contributed by atoms with E-state index in [1.165, 1.54) is 5.56 Å². The average Bonchev–Trinajstić information content (AvgIpc) is 2.27. The van der Waals surface area contributed by atoms with Crippen molar-refractivity contribution in [3.05, 3.63) is 40.5 Å². The molecule has 0 saturated carbocycles. The van der Waals surface area contributed by atoms with Crippen LogP contribution in [-0.2, 0) is 6.42 Å². The van der Waals surface area contributed by atoms with Gasteiger partial charge in [-0.3, -0.25) is 4.98 Å². The van der Waals surface area contributed by atoms with Crippen LogP contribution in [0.2, 0.25) is 5.02 Å². The van der Waals surface area contributed by atoms with E-state index < -0.39 is 0 Å². The van der Waals surface area contributed by atoms with Crippen LogP contribution in [0.1, 0.15) is 17.7 Å². The number of rotatable bonds is 3. The van der Waals surface area contributed by atoms with Gasteiger partial charge in [0.15, 0.2) is 0 Å². The largest absolute Gasteiger partial charge is 0.330 e. The maximum Gasteiger partial charge on any atom is 0.0894 e. The third kappa shape index (κ3) is 2.18. The van der Waals surface area contributed by atoms with Gasteiger partial charge in [0.25, 0.3) is 0 Å². The minimum Gasteiger partial charge on any atom is -0.330 e. The number of pyridine rings is 1. The molecule has 0 aliphatic heterocycles. The summed E-state index contributed by atoms with van der Waals surface area (Å²) in [6.45, 7) is 2.71. The predicted molar refractivity (Wildman–Crippen MR) is 68.9 cm³/mol. The van der Waals surface area contributed by atoms with Gasteiger partial charge in [0.2, 0.25) is 0 Å². The van der Waals surface area contributed by atoms with Crippen molar-refractivity contribution in [2.45, 2.75) is 19.8 Å². The summed E-state index contributed by atoms with van der Waals surface area (Å²) in [6, 6.07) is 8.03. The van der Waals surface area contributed by atoms with Gasteiger partial charge in [-0.25, -0.2) is 0 Å². The Hall–Kier alpha value is -1.12. The van der Waals surface area contributed by atoms with Crippen LogP contribution in [0.4, 0.5) is 0 Å². The summed E-state index contributed by atoms with van der Waals surface area (Å²) in [7, 11) is 0. The lowest BCUT2D eigenvalue weighted by atomic mass is 10.0. The Bertz CT molecular complexity index is 509. The molecule has 0 aliphatic rings. The van der Waals surface area contributed by atoms with Crippen molar-refractivity contribution in [1.82, 2.24) is 4.98 Å². The maximum absolute atomic E-state index is 6.15. The van der Waals surface area contributed by atoms with Gasteiger partial charge in [-0.1, -0.05) is 23.7 Å². The normalized spacial score (nSPS) is 10.9. The first kappa shape index (κ1) is 11.4. The Kier molecular flexibility index (Phi) is 3.42. The van der Waals surface area contributed by atoms with Gasteiger partial charge in [-0.05, 0) is 44.0 Å². The number of aromatic nitrogens is 1. The lowest BCUT2D eigenvalue weighted by molar-refractivity contribution is 0.835. The molecule has 0 radical (unpaired) electrons. The molecule has 1 aromatic carbocycles. The number of halogens is 1. The van der Waals surface area contributed by atoms with E-state index in [2.05, 4.69) is 17.1 Å². The van der Waals surface area contributed by atoms with Crippen LogP contribution in [0, 0.1) is 6.92 Å². The number of hydrogen-bond donors (Lipinski definition) is 1. The SMILES string of the molecule is Cc1cc(CCCN)c2cccc(Cl)c2n1. The first-order valence-corrected chi connectivity index (χ1v) is 5.85. The fourth-order valence-electron chi connectivity index (χ4n) is 1.93. The van der Waals surface area contributed by atoms with Gasteiger partial charge in [-0.15, -0.1) is 0 Å². The second-order valence-corrected chi connectivity index (χ2v) is 4.36. The Morgan fingerprint density at radius 1 is 1.38 bits per heavy atom. The van der Waals surface area contributed by atoms with Crippen LogP contribution >= 0.6 is 11.6 Å². The first-order chi connectivity index (χ1) is 7.72. The smallest absolute Gasteiger partial charge is 0.0894 e. The molecule has 16 heavy (non-hydrogen) atoms. The standard InChI is InChI=1S/C13H15ClN2/c1-9-8-10(4-3-7-15)11-5-2-6-12(14)13(11)16-9/h2,5-6,8H,3-4,7,15H2,1H3. The molecule has 2 nitrogen and oxygen atoms in total. The van der Waals surface area contributed by atoms with Crippen molar-refractivity contribution < 1.29 is 0 Å². The number of para-hydroxylation sites is 1. The van der Waals surface area contributed by atoms with Gasteiger partial charge in [0.1, 0.15) is 0 Å². The summed E-state index contributed by atoms with van der Waals surface area (Å²) >= 11 is 6.15. The van der Waals surface area contributed by atoms with Crippen molar-refractivity contribution >= 4 is 22.5 Å².